The molecule has 2 nitrogen and oxygen atoms in total. The number of benzene rings is 2. The van der Waals surface area contributed by atoms with E-state index in [1.54, 1.807) is 12.1 Å². The van der Waals surface area contributed by atoms with Crippen molar-refractivity contribution in [3.05, 3.63) is 88.1 Å². The third-order valence-corrected chi connectivity index (χ3v) is 4.81. The maximum atomic E-state index is 12.1. The summed E-state index contributed by atoms with van der Waals surface area (Å²) in [5.74, 6) is 1.52. The topological polar surface area (TPSA) is 26.3 Å². The molecule has 0 radical (unpaired) electrons. The molecule has 0 atom stereocenters. The fourth-order valence-electron chi connectivity index (χ4n) is 2.33. The van der Waals surface area contributed by atoms with Crippen molar-refractivity contribution in [2.75, 3.05) is 0 Å². The first-order chi connectivity index (χ1) is 12.5. The summed E-state index contributed by atoms with van der Waals surface area (Å²) < 4.78 is 5.54. The first-order valence-corrected chi connectivity index (χ1v) is 9.75. The molecule has 0 N–H and O–H groups in total. The number of hydrogen-bond donors (Lipinski definition) is 0. The second-order valence-corrected chi connectivity index (χ2v) is 7.54. The van der Waals surface area contributed by atoms with E-state index in [0.717, 1.165) is 5.75 Å². The summed E-state index contributed by atoms with van der Waals surface area (Å²) in [5, 5.41) is 2.12. The quantitative estimate of drug-likeness (QED) is 0.477. The van der Waals surface area contributed by atoms with Gasteiger partial charge in [-0.15, -0.1) is 11.3 Å². The van der Waals surface area contributed by atoms with E-state index in [1.165, 1.54) is 4.88 Å². The van der Waals surface area contributed by atoms with Gasteiger partial charge in [0, 0.05) is 16.0 Å². The Kier molecular flexibility index (Phi) is 7.61. The lowest BCUT2D eigenvalue weighted by molar-refractivity contribution is 0.103. The van der Waals surface area contributed by atoms with E-state index in [1.807, 2.05) is 67.6 Å². The summed E-state index contributed by atoms with van der Waals surface area (Å²) in [7, 11) is 0. The Bertz CT molecular complexity index is 773. The van der Waals surface area contributed by atoms with Crippen LogP contribution < -0.4 is 4.74 Å². The van der Waals surface area contributed by atoms with Crippen molar-refractivity contribution in [2.24, 2.45) is 0 Å². The highest BCUT2D eigenvalue weighted by Crippen LogP contribution is 2.19. The third kappa shape index (κ3) is 6.16. The zero-order valence-electron chi connectivity index (χ0n) is 15.8. The standard InChI is InChI=1S/C16H16O2.C7H10S/c1-12(2)18-15-10-8-14(9-11-15)16(17)13-6-4-3-5-7-13;1-6(2)7-4-3-5-8-7/h3-12H,1-2H3;3-6H,1-2H3. The van der Waals surface area contributed by atoms with Gasteiger partial charge in [0.15, 0.2) is 5.78 Å². The molecule has 0 bridgehead atoms. The number of hydrogen-bond acceptors (Lipinski definition) is 3. The second-order valence-electron chi connectivity index (χ2n) is 6.56. The highest BCUT2D eigenvalue weighted by Gasteiger charge is 2.08. The van der Waals surface area contributed by atoms with Crippen molar-refractivity contribution in [3.63, 3.8) is 0 Å². The maximum Gasteiger partial charge on any atom is 0.193 e. The van der Waals surface area contributed by atoms with Gasteiger partial charge in [-0.05, 0) is 55.5 Å². The number of carbonyl (C=O) groups is 1. The largest absolute Gasteiger partial charge is 0.491 e. The van der Waals surface area contributed by atoms with Gasteiger partial charge < -0.3 is 4.74 Å². The third-order valence-electron chi connectivity index (χ3n) is 3.64. The smallest absolute Gasteiger partial charge is 0.193 e. The molecule has 26 heavy (non-hydrogen) atoms. The van der Waals surface area contributed by atoms with E-state index in [0.29, 0.717) is 17.0 Å². The Morgan fingerprint density at radius 2 is 1.42 bits per heavy atom. The van der Waals surface area contributed by atoms with Crippen LogP contribution in [0.25, 0.3) is 0 Å². The summed E-state index contributed by atoms with van der Waals surface area (Å²) in [5.41, 5.74) is 1.38. The molecule has 0 aliphatic heterocycles. The molecule has 3 rings (SSSR count). The van der Waals surface area contributed by atoms with Crippen LogP contribution in [0.1, 0.15) is 54.4 Å². The maximum absolute atomic E-state index is 12.1. The lowest BCUT2D eigenvalue weighted by Gasteiger charge is -2.09. The van der Waals surface area contributed by atoms with Crippen LogP contribution in [-0.4, -0.2) is 11.9 Å². The predicted octanol–water partition coefficient (Wildman–Crippen LogP) is 6.58. The molecule has 3 heteroatoms. The minimum absolute atomic E-state index is 0.0340. The molecule has 1 aromatic heterocycles. The number of ketones is 1. The molecule has 0 aliphatic rings. The van der Waals surface area contributed by atoms with Gasteiger partial charge in [0.25, 0.3) is 0 Å². The minimum atomic E-state index is 0.0340. The van der Waals surface area contributed by atoms with Crippen LogP contribution >= 0.6 is 11.3 Å². The molecule has 3 aromatic rings. The van der Waals surface area contributed by atoms with E-state index in [-0.39, 0.29) is 11.9 Å². The fraction of sp³-hybridized carbons (Fsp3) is 0.261. The molecule has 2 aromatic carbocycles. The van der Waals surface area contributed by atoms with E-state index in [4.69, 9.17) is 4.74 Å². The zero-order valence-corrected chi connectivity index (χ0v) is 16.6. The average molecular weight is 367 g/mol. The summed E-state index contributed by atoms with van der Waals surface area (Å²) in [4.78, 5) is 13.6. The van der Waals surface area contributed by atoms with Crippen LogP contribution in [0.15, 0.2) is 72.1 Å². The van der Waals surface area contributed by atoms with Crippen molar-refractivity contribution >= 4 is 17.1 Å². The number of rotatable bonds is 5. The number of carbonyl (C=O) groups excluding carboxylic acids is 1. The number of ether oxygens (including phenoxy) is 1. The molecule has 0 amide bonds. The van der Waals surface area contributed by atoms with Crippen LogP contribution in [0.5, 0.6) is 5.75 Å². The summed E-state index contributed by atoms with van der Waals surface area (Å²) in [6, 6.07) is 20.8. The van der Waals surface area contributed by atoms with Crippen molar-refractivity contribution < 1.29 is 9.53 Å². The highest BCUT2D eigenvalue weighted by atomic mass is 32.1. The molecule has 0 unspecified atom stereocenters. The monoisotopic (exact) mass is 366 g/mol. The molecule has 0 spiro atoms. The Labute approximate surface area is 160 Å². The van der Waals surface area contributed by atoms with Crippen LogP contribution in [-0.2, 0) is 0 Å². The second kappa shape index (κ2) is 9.93. The van der Waals surface area contributed by atoms with Gasteiger partial charge in [0.05, 0.1) is 6.10 Å². The van der Waals surface area contributed by atoms with Gasteiger partial charge in [-0.2, -0.15) is 0 Å². The van der Waals surface area contributed by atoms with Gasteiger partial charge in [0.2, 0.25) is 0 Å². The summed E-state index contributed by atoms with van der Waals surface area (Å²) in [6.45, 7) is 8.38. The normalized spacial score (nSPS) is 10.4. The summed E-state index contributed by atoms with van der Waals surface area (Å²) in [6.07, 6.45) is 0.140. The molecule has 0 saturated heterocycles. The average Bonchev–Trinajstić information content (AvgIpc) is 3.18. The Balaban J connectivity index is 0.000000254. The molecular formula is C23H26O2S. The van der Waals surface area contributed by atoms with Gasteiger partial charge in [-0.3, -0.25) is 4.79 Å². The Morgan fingerprint density at radius 3 is 1.88 bits per heavy atom. The SMILES string of the molecule is CC(C)Oc1ccc(C(=O)c2ccccc2)cc1.CC(C)c1cccs1. The van der Waals surface area contributed by atoms with Crippen molar-refractivity contribution in [1.82, 2.24) is 0 Å². The zero-order chi connectivity index (χ0) is 18.9. The number of thiophene rings is 1. The molecule has 0 aliphatic carbocycles. The fourth-order valence-corrected chi connectivity index (χ4v) is 3.08. The predicted molar refractivity (Wildman–Crippen MR) is 110 cm³/mol. The van der Waals surface area contributed by atoms with Crippen LogP contribution in [0.3, 0.4) is 0 Å². The Hall–Kier alpha value is -2.39. The minimum Gasteiger partial charge on any atom is -0.491 e. The van der Waals surface area contributed by atoms with Crippen LogP contribution in [0.2, 0.25) is 0 Å². The van der Waals surface area contributed by atoms with Gasteiger partial charge in [0.1, 0.15) is 5.75 Å². The molecule has 0 fully saturated rings. The van der Waals surface area contributed by atoms with E-state index >= 15 is 0 Å². The van der Waals surface area contributed by atoms with Crippen LogP contribution in [0.4, 0.5) is 0 Å². The molecule has 0 saturated carbocycles. The molecule has 136 valence electrons. The summed E-state index contributed by atoms with van der Waals surface area (Å²) >= 11 is 1.83. The van der Waals surface area contributed by atoms with E-state index < -0.39 is 0 Å². The first-order valence-electron chi connectivity index (χ1n) is 8.87. The van der Waals surface area contributed by atoms with Crippen molar-refractivity contribution in [2.45, 2.75) is 39.7 Å². The van der Waals surface area contributed by atoms with Crippen molar-refractivity contribution in [1.29, 1.82) is 0 Å². The van der Waals surface area contributed by atoms with Crippen LogP contribution in [0, 0.1) is 0 Å². The van der Waals surface area contributed by atoms with E-state index in [9.17, 15) is 4.79 Å². The van der Waals surface area contributed by atoms with Gasteiger partial charge in [-0.1, -0.05) is 50.2 Å². The lowest BCUT2D eigenvalue weighted by atomic mass is 10.0. The van der Waals surface area contributed by atoms with Gasteiger partial charge in [-0.25, -0.2) is 0 Å². The Morgan fingerprint density at radius 1 is 0.808 bits per heavy atom. The molecule has 1 heterocycles. The lowest BCUT2D eigenvalue weighted by Crippen LogP contribution is -2.06. The van der Waals surface area contributed by atoms with E-state index in [2.05, 4.69) is 31.4 Å². The molecular weight excluding hydrogens is 340 g/mol. The first kappa shape index (κ1) is 19.9. The highest BCUT2D eigenvalue weighted by molar-refractivity contribution is 7.10. The van der Waals surface area contributed by atoms with Gasteiger partial charge >= 0.3 is 0 Å². The van der Waals surface area contributed by atoms with Crippen molar-refractivity contribution in [3.8, 4) is 5.75 Å².